The lowest BCUT2D eigenvalue weighted by atomic mass is 9.73. The molecule has 6 rings (SSSR count). The minimum absolute atomic E-state index is 0.0260. The van der Waals surface area contributed by atoms with Gasteiger partial charge in [0.15, 0.2) is 0 Å². The molecule has 0 aliphatic carbocycles. The molecule has 1 N–H and O–H groups in total. The number of nitrogens with zero attached hydrogens (tertiary/aromatic N) is 3. The minimum Gasteiger partial charge on any atom is -0.489 e. The van der Waals surface area contributed by atoms with Crippen LogP contribution in [0.25, 0.3) is 0 Å². The smallest absolute Gasteiger partial charge is 0.270 e. The molecule has 3 aromatic rings. The number of para-hydroxylation sites is 1. The van der Waals surface area contributed by atoms with E-state index in [9.17, 15) is 9.59 Å². The Hall–Kier alpha value is -3.95. The largest absolute Gasteiger partial charge is 0.489 e. The normalized spacial score (nSPS) is 20.4. The molecule has 4 heterocycles. The van der Waals surface area contributed by atoms with Crippen molar-refractivity contribution in [1.82, 2.24) is 15.2 Å². The van der Waals surface area contributed by atoms with Crippen LogP contribution in [0.4, 0.5) is 5.69 Å². The third-order valence-electron chi connectivity index (χ3n) is 7.74. The number of ether oxygens (including phenoxy) is 3. The number of amides is 2. The highest BCUT2D eigenvalue weighted by molar-refractivity contribution is 6.03. The molecule has 39 heavy (non-hydrogen) atoms. The van der Waals surface area contributed by atoms with Gasteiger partial charge in [-0.2, -0.15) is 0 Å². The zero-order valence-electron chi connectivity index (χ0n) is 22.0. The number of carbonyl (C=O) groups excluding carboxylic acids is 2. The number of carbonyl (C=O) groups is 2. The average Bonchev–Trinajstić information content (AvgIpc) is 3.05. The van der Waals surface area contributed by atoms with Gasteiger partial charge in [0.05, 0.1) is 5.69 Å². The summed E-state index contributed by atoms with van der Waals surface area (Å²) in [7, 11) is 1.71. The molecule has 2 fully saturated rings. The fraction of sp³-hybridized carbons (Fsp3) is 0.367. The Kier molecular flexibility index (Phi) is 6.93. The van der Waals surface area contributed by atoms with Crippen molar-refractivity contribution in [2.75, 3.05) is 44.9 Å². The van der Waals surface area contributed by atoms with Crippen LogP contribution in [0.3, 0.4) is 0 Å². The number of hydrogen-bond donors (Lipinski definition) is 1. The van der Waals surface area contributed by atoms with Gasteiger partial charge in [-0.3, -0.25) is 19.5 Å². The molecule has 3 aliphatic rings. The van der Waals surface area contributed by atoms with E-state index in [1.807, 2.05) is 48.5 Å². The van der Waals surface area contributed by atoms with E-state index in [0.717, 1.165) is 51.3 Å². The molecule has 2 saturated heterocycles. The van der Waals surface area contributed by atoms with Crippen LogP contribution in [0.2, 0.25) is 0 Å². The van der Waals surface area contributed by atoms with Gasteiger partial charge in [-0.25, -0.2) is 0 Å². The van der Waals surface area contributed by atoms with E-state index in [1.54, 1.807) is 24.1 Å². The van der Waals surface area contributed by atoms with Crippen molar-refractivity contribution in [1.29, 1.82) is 0 Å². The van der Waals surface area contributed by atoms with Gasteiger partial charge in [-0.05, 0) is 48.7 Å². The number of aromatic nitrogens is 1. The maximum absolute atomic E-state index is 13.4. The number of anilines is 1. The van der Waals surface area contributed by atoms with Crippen LogP contribution in [-0.2, 0) is 16.1 Å². The number of likely N-dealkylation sites (tertiary alicyclic amines) is 1. The Morgan fingerprint density at radius 2 is 1.87 bits per heavy atom. The van der Waals surface area contributed by atoms with Crippen molar-refractivity contribution in [2.24, 2.45) is 5.41 Å². The monoisotopic (exact) mass is 528 g/mol. The van der Waals surface area contributed by atoms with Crippen LogP contribution >= 0.6 is 0 Å². The molecule has 9 heteroatoms. The molecule has 1 aromatic heterocycles. The fourth-order valence-electron chi connectivity index (χ4n) is 5.59. The van der Waals surface area contributed by atoms with Crippen molar-refractivity contribution in [3.8, 4) is 17.2 Å². The Bertz CT molecular complexity index is 1350. The van der Waals surface area contributed by atoms with Crippen LogP contribution in [0.1, 0.15) is 28.9 Å². The lowest BCUT2D eigenvalue weighted by molar-refractivity contribution is -0.120. The number of rotatable bonds is 6. The van der Waals surface area contributed by atoms with Gasteiger partial charge < -0.3 is 24.4 Å². The lowest BCUT2D eigenvalue weighted by Gasteiger charge is -2.52. The summed E-state index contributed by atoms with van der Waals surface area (Å²) >= 11 is 0. The Morgan fingerprint density at radius 3 is 2.67 bits per heavy atom. The number of nitrogens with one attached hydrogen (secondary N) is 1. The topological polar surface area (TPSA) is 93.2 Å². The van der Waals surface area contributed by atoms with E-state index in [4.69, 9.17) is 14.2 Å². The summed E-state index contributed by atoms with van der Waals surface area (Å²) in [4.78, 5) is 34.6. The highest BCUT2D eigenvalue weighted by Gasteiger charge is 2.43. The van der Waals surface area contributed by atoms with Crippen LogP contribution < -0.4 is 19.7 Å². The van der Waals surface area contributed by atoms with Crippen LogP contribution in [0.15, 0.2) is 66.9 Å². The molecular weight excluding hydrogens is 496 g/mol. The van der Waals surface area contributed by atoms with Gasteiger partial charge in [0, 0.05) is 57.6 Å². The summed E-state index contributed by atoms with van der Waals surface area (Å²) in [6.07, 6.45) is 3.77. The number of likely N-dealkylation sites (N-methyl/N-ethyl adjacent to an activating group) is 1. The molecule has 0 bridgehead atoms. The maximum atomic E-state index is 13.4. The van der Waals surface area contributed by atoms with Crippen molar-refractivity contribution in [3.05, 3.63) is 78.1 Å². The number of fused-ring (bicyclic) bond motifs is 1. The third kappa shape index (κ3) is 5.46. The molecule has 0 radical (unpaired) electrons. The summed E-state index contributed by atoms with van der Waals surface area (Å²) in [5.41, 5.74) is 2.39. The summed E-state index contributed by atoms with van der Waals surface area (Å²) in [6.45, 7) is 4.73. The highest BCUT2D eigenvalue weighted by Crippen LogP contribution is 2.41. The zero-order valence-corrected chi connectivity index (χ0v) is 22.0. The summed E-state index contributed by atoms with van der Waals surface area (Å²) in [5.74, 6) is 1.02. The first kappa shape index (κ1) is 25.3. The third-order valence-corrected chi connectivity index (χ3v) is 7.74. The van der Waals surface area contributed by atoms with Crippen molar-refractivity contribution >= 4 is 17.5 Å². The Morgan fingerprint density at radius 1 is 1.08 bits per heavy atom. The average molecular weight is 529 g/mol. The van der Waals surface area contributed by atoms with Crippen molar-refractivity contribution < 1.29 is 23.8 Å². The van der Waals surface area contributed by atoms with Gasteiger partial charge >= 0.3 is 0 Å². The van der Waals surface area contributed by atoms with E-state index >= 15 is 0 Å². The summed E-state index contributed by atoms with van der Waals surface area (Å²) < 4.78 is 17.3. The van der Waals surface area contributed by atoms with Crippen molar-refractivity contribution in [2.45, 2.75) is 25.4 Å². The predicted molar refractivity (Wildman–Crippen MR) is 145 cm³/mol. The van der Waals surface area contributed by atoms with Crippen LogP contribution in [-0.4, -0.2) is 67.7 Å². The zero-order chi connectivity index (χ0) is 26.8. The van der Waals surface area contributed by atoms with E-state index in [1.165, 1.54) is 6.20 Å². The van der Waals surface area contributed by atoms with Crippen molar-refractivity contribution in [3.63, 3.8) is 0 Å². The molecule has 2 amide bonds. The number of benzene rings is 2. The second kappa shape index (κ2) is 10.7. The SMILES string of the molecule is CN1C(=O)[C@H](NC(=O)c2cc(Oc3ccccc3)ccn2)COc2ccc(CN3CC4(CCOCC4)C3)cc21. The number of hydrogen-bond acceptors (Lipinski definition) is 7. The van der Waals surface area contributed by atoms with Crippen LogP contribution in [0.5, 0.6) is 17.2 Å². The number of pyridine rings is 1. The second-order valence-electron chi connectivity index (χ2n) is 10.6. The molecule has 3 aliphatic heterocycles. The van der Waals surface area contributed by atoms with E-state index in [-0.39, 0.29) is 18.2 Å². The Labute approximate surface area is 227 Å². The molecule has 2 aromatic carbocycles. The minimum atomic E-state index is -0.859. The molecule has 9 nitrogen and oxygen atoms in total. The first-order chi connectivity index (χ1) is 19.0. The van der Waals surface area contributed by atoms with E-state index in [0.29, 0.717) is 28.4 Å². The predicted octanol–water partition coefficient (Wildman–Crippen LogP) is 3.64. The fourth-order valence-corrected chi connectivity index (χ4v) is 5.59. The van der Waals surface area contributed by atoms with E-state index in [2.05, 4.69) is 15.2 Å². The van der Waals surface area contributed by atoms with Gasteiger partial charge in [0.25, 0.3) is 11.8 Å². The molecule has 0 unspecified atom stereocenters. The highest BCUT2D eigenvalue weighted by atomic mass is 16.5. The summed E-state index contributed by atoms with van der Waals surface area (Å²) in [6, 6.07) is 17.6. The lowest BCUT2D eigenvalue weighted by Crippen LogP contribution is -2.57. The van der Waals surface area contributed by atoms with E-state index < -0.39 is 11.9 Å². The van der Waals surface area contributed by atoms with Crippen LogP contribution in [0, 0.1) is 5.41 Å². The Balaban J connectivity index is 1.10. The first-order valence-electron chi connectivity index (χ1n) is 13.3. The molecule has 1 atom stereocenters. The summed E-state index contributed by atoms with van der Waals surface area (Å²) in [5, 5.41) is 2.79. The van der Waals surface area contributed by atoms with Gasteiger partial charge in [0.1, 0.15) is 35.6 Å². The maximum Gasteiger partial charge on any atom is 0.270 e. The molecule has 202 valence electrons. The molecular formula is C30H32N4O5. The quantitative estimate of drug-likeness (QED) is 0.522. The van der Waals surface area contributed by atoms with Gasteiger partial charge in [0.2, 0.25) is 0 Å². The van der Waals surface area contributed by atoms with Gasteiger partial charge in [-0.15, -0.1) is 0 Å². The molecule has 0 saturated carbocycles. The second-order valence-corrected chi connectivity index (χ2v) is 10.6. The first-order valence-corrected chi connectivity index (χ1v) is 13.3. The standard InChI is InChI=1S/C30H32N4O5/c1-33-26-15-21(17-34-19-30(20-34)10-13-37-14-11-30)7-8-27(26)38-18-25(29(33)36)32-28(35)24-16-23(9-12-31-24)39-22-5-3-2-4-6-22/h2-9,12,15-16,25H,10-11,13-14,17-20H2,1H3,(H,32,35)/t25-/m1/s1. The molecule has 1 spiro atoms. The van der Waals surface area contributed by atoms with Gasteiger partial charge in [-0.1, -0.05) is 24.3 Å².